The lowest BCUT2D eigenvalue weighted by atomic mass is 10.1. The van der Waals surface area contributed by atoms with Crippen molar-refractivity contribution < 1.29 is 28.3 Å². The molecule has 0 aliphatic carbocycles. The molecule has 1 atom stereocenters. The number of methoxy groups -OCH3 is 1. The molecule has 1 N–H and O–H groups in total. The predicted octanol–water partition coefficient (Wildman–Crippen LogP) is 5.09. The fourth-order valence-corrected chi connectivity index (χ4v) is 3.72. The van der Waals surface area contributed by atoms with Crippen molar-refractivity contribution in [2.45, 2.75) is 39.4 Å². The monoisotopic (exact) mass is 478 g/mol. The Morgan fingerprint density at radius 3 is 2.66 bits per heavy atom. The minimum absolute atomic E-state index is 0.168. The van der Waals surface area contributed by atoms with Crippen molar-refractivity contribution in [1.29, 1.82) is 0 Å². The number of anilines is 1. The predicted molar refractivity (Wildman–Crippen MR) is 132 cm³/mol. The number of nitrogens with one attached hydrogen (secondary N) is 1. The third-order valence-corrected chi connectivity index (χ3v) is 5.75. The summed E-state index contributed by atoms with van der Waals surface area (Å²) in [4.78, 5) is 12.4. The molecule has 1 fully saturated rings. The van der Waals surface area contributed by atoms with Crippen LogP contribution in [0.3, 0.4) is 0 Å². The second kappa shape index (κ2) is 11.6. The van der Waals surface area contributed by atoms with Crippen molar-refractivity contribution in [2.75, 3.05) is 25.6 Å². The van der Waals surface area contributed by atoms with Crippen LogP contribution < -0.4 is 19.5 Å². The van der Waals surface area contributed by atoms with Gasteiger partial charge in [0.1, 0.15) is 24.7 Å². The van der Waals surface area contributed by atoms with Crippen LogP contribution in [-0.4, -0.2) is 37.5 Å². The molecule has 0 bridgehead atoms. The summed E-state index contributed by atoms with van der Waals surface area (Å²) in [6, 6.07) is 12.8. The zero-order chi connectivity index (χ0) is 24.6. The van der Waals surface area contributed by atoms with E-state index in [1.165, 1.54) is 6.08 Å². The molecule has 8 heteroatoms. The van der Waals surface area contributed by atoms with Crippen LogP contribution in [0.25, 0.3) is 6.08 Å². The molecule has 35 heavy (non-hydrogen) atoms. The smallest absolute Gasteiger partial charge is 0.248 e. The van der Waals surface area contributed by atoms with E-state index in [1.54, 1.807) is 13.2 Å². The van der Waals surface area contributed by atoms with Gasteiger partial charge >= 0.3 is 0 Å². The lowest BCUT2D eigenvalue weighted by Crippen LogP contribution is -2.16. The Morgan fingerprint density at radius 1 is 1.14 bits per heavy atom. The summed E-state index contributed by atoms with van der Waals surface area (Å²) in [7, 11) is 1.58. The van der Waals surface area contributed by atoms with Crippen molar-refractivity contribution in [2.24, 2.45) is 0 Å². The molecule has 8 nitrogen and oxygen atoms in total. The second-order valence-corrected chi connectivity index (χ2v) is 8.29. The Kier molecular flexibility index (Phi) is 8.05. The Hall–Kier alpha value is -3.78. The number of aryl methyl sites for hydroxylation is 2. The van der Waals surface area contributed by atoms with Gasteiger partial charge in [0.05, 0.1) is 24.5 Å². The number of amides is 1. The highest BCUT2D eigenvalue weighted by atomic mass is 16.5. The number of hydrogen-bond acceptors (Lipinski definition) is 7. The average molecular weight is 479 g/mol. The highest BCUT2D eigenvalue weighted by Gasteiger charge is 2.16. The van der Waals surface area contributed by atoms with E-state index in [9.17, 15) is 4.79 Å². The SMILES string of the molecule is COc1cc(C=CC(=O)Nc2ccc(OCC3CCCO3)cc2)ccc1OCc1c(C)noc1C. The quantitative estimate of drug-likeness (QED) is 0.406. The Morgan fingerprint density at radius 2 is 1.97 bits per heavy atom. The minimum atomic E-state index is -0.240. The van der Waals surface area contributed by atoms with Crippen LogP contribution in [0.15, 0.2) is 53.1 Å². The van der Waals surface area contributed by atoms with Crippen LogP contribution in [0.5, 0.6) is 17.2 Å². The summed E-state index contributed by atoms with van der Waals surface area (Å²) in [6.07, 6.45) is 5.47. The lowest BCUT2D eigenvalue weighted by Gasteiger charge is -2.12. The van der Waals surface area contributed by atoms with Crippen molar-refractivity contribution in [3.05, 3.63) is 71.1 Å². The van der Waals surface area contributed by atoms with E-state index in [1.807, 2.05) is 56.3 Å². The molecule has 0 spiro atoms. The van der Waals surface area contributed by atoms with Crippen LogP contribution in [-0.2, 0) is 16.1 Å². The topological polar surface area (TPSA) is 92.1 Å². The van der Waals surface area contributed by atoms with E-state index in [2.05, 4.69) is 10.5 Å². The summed E-state index contributed by atoms with van der Waals surface area (Å²) in [5.41, 5.74) is 3.20. The molecule has 0 radical (unpaired) electrons. The number of ether oxygens (including phenoxy) is 4. The van der Waals surface area contributed by atoms with E-state index in [0.29, 0.717) is 30.4 Å². The van der Waals surface area contributed by atoms with Crippen molar-refractivity contribution in [1.82, 2.24) is 5.16 Å². The van der Waals surface area contributed by atoms with Crippen LogP contribution in [0, 0.1) is 13.8 Å². The second-order valence-electron chi connectivity index (χ2n) is 8.29. The van der Waals surface area contributed by atoms with E-state index < -0.39 is 0 Å². The zero-order valence-electron chi connectivity index (χ0n) is 20.2. The third-order valence-electron chi connectivity index (χ3n) is 5.75. The third kappa shape index (κ3) is 6.64. The molecule has 1 saturated heterocycles. The number of carbonyl (C=O) groups excluding carboxylic acids is 1. The minimum Gasteiger partial charge on any atom is -0.493 e. The van der Waals surface area contributed by atoms with E-state index >= 15 is 0 Å². The average Bonchev–Trinajstić information content (AvgIpc) is 3.51. The maximum atomic E-state index is 12.4. The van der Waals surface area contributed by atoms with Gasteiger partial charge in [-0.3, -0.25) is 4.79 Å². The zero-order valence-corrected chi connectivity index (χ0v) is 20.2. The molecule has 1 unspecified atom stereocenters. The van der Waals surface area contributed by atoms with Crippen LogP contribution >= 0.6 is 0 Å². The Labute approximate surface area is 204 Å². The molecule has 1 aliphatic heterocycles. The van der Waals surface area contributed by atoms with Crippen molar-refractivity contribution in [3.8, 4) is 17.2 Å². The molecule has 3 aromatic rings. The van der Waals surface area contributed by atoms with Gasteiger partial charge in [0.25, 0.3) is 0 Å². The fraction of sp³-hybridized carbons (Fsp3) is 0.333. The fourth-order valence-electron chi connectivity index (χ4n) is 3.72. The van der Waals surface area contributed by atoms with Gasteiger partial charge in [-0.15, -0.1) is 0 Å². The number of carbonyl (C=O) groups is 1. The Balaban J connectivity index is 1.30. The van der Waals surface area contributed by atoms with Gasteiger partial charge in [-0.1, -0.05) is 11.2 Å². The van der Waals surface area contributed by atoms with Gasteiger partial charge in [0.15, 0.2) is 11.5 Å². The largest absolute Gasteiger partial charge is 0.493 e. The number of hydrogen-bond donors (Lipinski definition) is 1. The molecule has 1 amide bonds. The maximum absolute atomic E-state index is 12.4. The van der Waals surface area contributed by atoms with Gasteiger partial charge < -0.3 is 28.8 Å². The van der Waals surface area contributed by atoms with Crippen LogP contribution in [0.1, 0.15) is 35.4 Å². The molecule has 2 aromatic carbocycles. The van der Waals surface area contributed by atoms with Gasteiger partial charge in [-0.2, -0.15) is 0 Å². The highest BCUT2D eigenvalue weighted by molar-refractivity contribution is 6.02. The molecular formula is C27H30N2O6. The van der Waals surface area contributed by atoms with Gasteiger partial charge in [-0.25, -0.2) is 0 Å². The van der Waals surface area contributed by atoms with E-state index in [0.717, 1.165) is 47.8 Å². The van der Waals surface area contributed by atoms with E-state index in [-0.39, 0.29) is 12.0 Å². The molecular weight excluding hydrogens is 448 g/mol. The molecule has 4 rings (SSSR count). The summed E-state index contributed by atoms with van der Waals surface area (Å²) in [5, 5.41) is 6.79. The first-order chi connectivity index (χ1) is 17.0. The summed E-state index contributed by atoms with van der Waals surface area (Å²) in [5.74, 6) is 2.40. The van der Waals surface area contributed by atoms with Gasteiger partial charge in [-0.05, 0) is 74.7 Å². The Bertz CT molecular complexity index is 1140. The standard InChI is InChI=1S/C27H30N2O6/c1-18-24(19(2)35-29-18)17-34-25-12-6-20(15-26(25)31-3)7-13-27(30)28-21-8-10-22(11-9-21)33-16-23-5-4-14-32-23/h6-13,15,23H,4-5,14,16-17H2,1-3H3,(H,28,30). The number of nitrogens with zero attached hydrogens (tertiary/aromatic N) is 1. The summed E-state index contributed by atoms with van der Waals surface area (Å²) >= 11 is 0. The van der Waals surface area contributed by atoms with E-state index in [4.69, 9.17) is 23.5 Å². The van der Waals surface area contributed by atoms with Gasteiger partial charge in [0.2, 0.25) is 5.91 Å². The van der Waals surface area contributed by atoms with Crippen LogP contribution in [0.2, 0.25) is 0 Å². The normalized spacial score (nSPS) is 15.3. The van der Waals surface area contributed by atoms with Gasteiger partial charge in [0, 0.05) is 18.4 Å². The number of rotatable bonds is 10. The molecule has 0 saturated carbocycles. The lowest BCUT2D eigenvalue weighted by molar-refractivity contribution is -0.111. The molecule has 184 valence electrons. The maximum Gasteiger partial charge on any atom is 0.248 e. The molecule has 1 aromatic heterocycles. The summed E-state index contributed by atoms with van der Waals surface area (Å²) in [6.45, 7) is 5.40. The van der Waals surface area contributed by atoms with Crippen LogP contribution in [0.4, 0.5) is 5.69 Å². The first-order valence-electron chi connectivity index (χ1n) is 11.6. The first-order valence-corrected chi connectivity index (χ1v) is 11.6. The van der Waals surface area contributed by atoms with Crippen molar-refractivity contribution >= 4 is 17.7 Å². The first kappa shape index (κ1) is 24.3. The molecule has 2 heterocycles. The highest BCUT2D eigenvalue weighted by Crippen LogP contribution is 2.30. The number of aromatic nitrogens is 1. The summed E-state index contributed by atoms with van der Waals surface area (Å²) < 4.78 is 27.9. The van der Waals surface area contributed by atoms with Crippen molar-refractivity contribution in [3.63, 3.8) is 0 Å². The molecule has 1 aliphatic rings. The number of benzene rings is 2.